The standard InChI is InChI=1S/C9H13BrN2O/c1-6(13)5-12-9-3-2-7(11)4-8(9)10/h2-4,6,12-13H,5,11H2,1H3. The Morgan fingerprint density at radius 1 is 1.62 bits per heavy atom. The fourth-order valence-corrected chi connectivity index (χ4v) is 1.47. The minimum atomic E-state index is -0.357. The summed E-state index contributed by atoms with van der Waals surface area (Å²) in [6, 6.07) is 5.52. The van der Waals surface area contributed by atoms with Crippen molar-refractivity contribution in [1.82, 2.24) is 0 Å². The fraction of sp³-hybridized carbons (Fsp3) is 0.333. The molecule has 0 fully saturated rings. The lowest BCUT2D eigenvalue weighted by Crippen LogP contribution is -2.15. The van der Waals surface area contributed by atoms with Crippen molar-refractivity contribution in [3.63, 3.8) is 0 Å². The third kappa shape index (κ3) is 3.24. The first-order valence-electron chi connectivity index (χ1n) is 4.06. The van der Waals surface area contributed by atoms with E-state index in [4.69, 9.17) is 10.8 Å². The Balaban J connectivity index is 2.67. The first kappa shape index (κ1) is 10.3. The van der Waals surface area contributed by atoms with Gasteiger partial charge in [0, 0.05) is 22.4 Å². The summed E-state index contributed by atoms with van der Waals surface area (Å²) in [5.41, 5.74) is 7.23. The van der Waals surface area contributed by atoms with Crippen LogP contribution in [0.2, 0.25) is 0 Å². The molecule has 1 aromatic carbocycles. The highest BCUT2D eigenvalue weighted by atomic mass is 79.9. The topological polar surface area (TPSA) is 58.3 Å². The van der Waals surface area contributed by atoms with E-state index >= 15 is 0 Å². The molecule has 4 N–H and O–H groups in total. The van der Waals surface area contributed by atoms with Crippen molar-refractivity contribution in [2.24, 2.45) is 0 Å². The molecule has 3 nitrogen and oxygen atoms in total. The maximum absolute atomic E-state index is 9.06. The SMILES string of the molecule is CC(O)CNc1ccc(N)cc1Br. The average Bonchev–Trinajstić information content (AvgIpc) is 2.02. The van der Waals surface area contributed by atoms with Crippen LogP contribution in [0.15, 0.2) is 22.7 Å². The van der Waals surface area contributed by atoms with Gasteiger partial charge in [-0.05, 0) is 41.1 Å². The van der Waals surface area contributed by atoms with Crippen LogP contribution in [0.4, 0.5) is 11.4 Å². The molecule has 0 aromatic heterocycles. The number of rotatable bonds is 3. The molecule has 1 unspecified atom stereocenters. The molecule has 0 saturated carbocycles. The van der Waals surface area contributed by atoms with Gasteiger partial charge in [0.1, 0.15) is 0 Å². The highest BCUT2D eigenvalue weighted by Crippen LogP contribution is 2.24. The van der Waals surface area contributed by atoms with Gasteiger partial charge in [-0.15, -0.1) is 0 Å². The van der Waals surface area contributed by atoms with Crippen LogP contribution in [-0.4, -0.2) is 17.8 Å². The first-order chi connectivity index (χ1) is 6.09. The van der Waals surface area contributed by atoms with Crippen molar-refractivity contribution < 1.29 is 5.11 Å². The summed E-state index contributed by atoms with van der Waals surface area (Å²) in [5.74, 6) is 0. The highest BCUT2D eigenvalue weighted by Gasteiger charge is 2.00. The van der Waals surface area contributed by atoms with E-state index in [1.54, 1.807) is 6.92 Å². The van der Waals surface area contributed by atoms with Gasteiger partial charge in [0.25, 0.3) is 0 Å². The molecule has 0 saturated heterocycles. The molecule has 0 heterocycles. The Morgan fingerprint density at radius 2 is 2.31 bits per heavy atom. The summed E-state index contributed by atoms with van der Waals surface area (Å²) in [4.78, 5) is 0. The number of hydrogen-bond donors (Lipinski definition) is 3. The molecule has 1 rings (SSSR count). The fourth-order valence-electron chi connectivity index (χ4n) is 0.932. The predicted octanol–water partition coefficient (Wildman–Crippen LogP) is 1.82. The van der Waals surface area contributed by atoms with Crippen molar-refractivity contribution >= 4 is 27.3 Å². The molecule has 1 aromatic rings. The van der Waals surface area contributed by atoms with Crippen LogP contribution in [0.25, 0.3) is 0 Å². The molecule has 0 aliphatic heterocycles. The zero-order chi connectivity index (χ0) is 9.84. The number of nitrogens with two attached hydrogens (primary N) is 1. The third-order valence-corrected chi connectivity index (χ3v) is 2.24. The van der Waals surface area contributed by atoms with Gasteiger partial charge in [-0.3, -0.25) is 0 Å². The van der Waals surface area contributed by atoms with Gasteiger partial charge >= 0.3 is 0 Å². The molecule has 4 heteroatoms. The van der Waals surface area contributed by atoms with Crippen molar-refractivity contribution in [3.8, 4) is 0 Å². The summed E-state index contributed by atoms with van der Waals surface area (Å²) in [6.07, 6.45) is -0.357. The second-order valence-electron chi connectivity index (χ2n) is 2.97. The number of halogens is 1. The second-order valence-corrected chi connectivity index (χ2v) is 3.82. The number of benzene rings is 1. The highest BCUT2D eigenvalue weighted by molar-refractivity contribution is 9.10. The first-order valence-corrected chi connectivity index (χ1v) is 4.86. The third-order valence-electron chi connectivity index (χ3n) is 1.58. The van der Waals surface area contributed by atoms with E-state index in [1.165, 1.54) is 0 Å². The van der Waals surface area contributed by atoms with Gasteiger partial charge in [0.2, 0.25) is 0 Å². The number of hydrogen-bond acceptors (Lipinski definition) is 3. The lowest BCUT2D eigenvalue weighted by Gasteiger charge is -2.10. The number of nitrogens with one attached hydrogen (secondary N) is 1. The number of nitrogen functional groups attached to an aromatic ring is 1. The van der Waals surface area contributed by atoms with Crippen molar-refractivity contribution in [3.05, 3.63) is 22.7 Å². The summed E-state index contributed by atoms with van der Waals surface area (Å²) < 4.78 is 0.910. The predicted molar refractivity (Wildman–Crippen MR) is 58.7 cm³/mol. The zero-order valence-corrected chi connectivity index (χ0v) is 9.01. The van der Waals surface area contributed by atoms with Crippen LogP contribution in [0, 0.1) is 0 Å². The molecular formula is C9H13BrN2O. The largest absolute Gasteiger partial charge is 0.399 e. The molecule has 0 radical (unpaired) electrons. The average molecular weight is 245 g/mol. The normalized spacial score (nSPS) is 12.5. The van der Waals surface area contributed by atoms with E-state index < -0.39 is 0 Å². The Labute approximate surface area is 86.1 Å². The summed E-state index contributed by atoms with van der Waals surface area (Å²) in [7, 11) is 0. The van der Waals surface area contributed by atoms with E-state index in [0.29, 0.717) is 6.54 Å². The van der Waals surface area contributed by atoms with Crippen molar-refractivity contribution in [2.45, 2.75) is 13.0 Å². The minimum Gasteiger partial charge on any atom is -0.399 e. The Bertz CT molecular complexity index is 289. The van der Waals surface area contributed by atoms with Gasteiger partial charge in [-0.2, -0.15) is 0 Å². The molecule has 13 heavy (non-hydrogen) atoms. The van der Waals surface area contributed by atoms with Gasteiger partial charge in [0.15, 0.2) is 0 Å². The Kier molecular flexibility index (Phi) is 3.57. The summed E-state index contributed by atoms with van der Waals surface area (Å²) in [6.45, 7) is 2.26. The molecule has 0 aliphatic rings. The lowest BCUT2D eigenvalue weighted by atomic mass is 10.3. The van der Waals surface area contributed by atoms with Crippen molar-refractivity contribution in [2.75, 3.05) is 17.6 Å². The quantitative estimate of drug-likeness (QED) is 0.712. The van der Waals surface area contributed by atoms with Crippen LogP contribution < -0.4 is 11.1 Å². The van der Waals surface area contributed by atoms with Crippen LogP contribution >= 0.6 is 15.9 Å². The summed E-state index contributed by atoms with van der Waals surface area (Å²) >= 11 is 3.37. The second kappa shape index (κ2) is 4.48. The molecule has 0 spiro atoms. The van der Waals surface area contributed by atoms with Gasteiger partial charge in [-0.1, -0.05) is 0 Å². The number of anilines is 2. The maximum Gasteiger partial charge on any atom is 0.0684 e. The van der Waals surface area contributed by atoms with E-state index in [2.05, 4.69) is 21.2 Å². The molecule has 0 amide bonds. The van der Waals surface area contributed by atoms with Crippen LogP contribution in [0.1, 0.15) is 6.92 Å². The Morgan fingerprint density at radius 3 is 2.85 bits per heavy atom. The zero-order valence-electron chi connectivity index (χ0n) is 7.42. The van der Waals surface area contributed by atoms with Crippen LogP contribution in [0.3, 0.4) is 0 Å². The molecular weight excluding hydrogens is 232 g/mol. The van der Waals surface area contributed by atoms with Crippen molar-refractivity contribution in [1.29, 1.82) is 0 Å². The van der Waals surface area contributed by atoms with E-state index in [0.717, 1.165) is 15.8 Å². The Hall–Kier alpha value is -0.740. The minimum absolute atomic E-state index is 0.357. The van der Waals surface area contributed by atoms with E-state index in [9.17, 15) is 0 Å². The maximum atomic E-state index is 9.06. The van der Waals surface area contributed by atoms with Gasteiger partial charge in [0.05, 0.1) is 6.10 Å². The number of aliphatic hydroxyl groups excluding tert-OH is 1. The van der Waals surface area contributed by atoms with E-state index in [-0.39, 0.29) is 6.10 Å². The smallest absolute Gasteiger partial charge is 0.0684 e. The molecule has 72 valence electrons. The molecule has 1 atom stereocenters. The lowest BCUT2D eigenvalue weighted by molar-refractivity contribution is 0.208. The van der Waals surface area contributed by atoms with Gasteiger partial charge < -0.3 is 16.2 Å². The monoisotopic (exact) mass is 244 g/mol. The van der Waals surface area contributed by atoms with Crippen LogP contribution in [-0.2, 0) is 0 Å². The summed E-state index contributed by atoms with van der Waals surface area (Å²) in [5, 5.41) is 12.1. The van der Waals surface area contributed by atoms with E-state index in [1.807, 2.05) is 18.2 Å². The van der Waals surface area contributed by atoms with Crippen LogP contribution in [0.5, 0.6) is 0 Å². The van der Waals surface area contributed by atoms with Gasteiger partial charge in [-0.25, -0.2) is 0 Å². The molecule has 0 bridgehead atoms. The molecule has 0 aliphatic carbocycles. The number of aliphatic hydroxyl groups is 1.